The second kappa shape index (κ2) is 5.02. The third-order valence-electron chi connectivity index (χ3n) is 1.64. The first-order valence-electron chi connectivity index (χ1n) is 4.54. The van der Waals surface area contributed by atoms with Crippen molar-refractivity contribution >= 4 is 5.97 Å². The zero-order valence-corrected chi connectivity index (χ0v) is 8.85. The van der Waals surface area contributed by atoms with Crippen molar-refractivity contribution in [2.24, 2.45) is 0 Å². The zero-order valence-electron chi connectivity index (χ0n) is 8.85. The molecule has 0 aliphatic rings. The molecular weight excluding hydrogens is 166 g/mol. The van der Waals surface area contributed by atoms with E-state index < -0.39 is 5.97 Å². The summed E-state index contributed by atoms with van der Waals surface area (Å²) in [6.45, 7) is 8.60. The molecule has 0 aliphatic heterocycles. The average Bonchev–Trinajstić information content (AvgIpc) is 1.95. The molecule has 76 valence electrons. The van der Waals surface area contributed by atoms with E-state index in [4.69, 9.17) is 5.11 Å². The maximum absolute atomic E-state index is 10.6. The average molecular weight is 185 g/mol. The van der Waals surface area contributed by atoms with Gasteiger partial charge in [0.15, 0.2) is 0 Å². The lowest BCUT2D eigenvalue weighted by atomic mass is 10.1. The Hall–Kier alpha value is -0.830. The van der Waals surface area contributed by atoms with Crippen molar-refractivity contribution in [1.29, 1.82) is 0 Å². The minimum atomic E-state index is -0.821. The molecule has 0 aromatic carbocycles. The molecular formula is C10H19NO2. The highest BCUT2D eigenvalue weighted by atomic mass is 16.4. The molecule has 0 spiro atoms. The molecule has 0 rings (SSSR count). The van der Waals surface area contributed by atoms with Crippen molar-refractivity contribution in [3.63, 3.8) is 0 Å². The fraction of sp³-hybridized carbons (Fsp3) is 0.700. The normalized spacial score (nSPS) is 13.1. The van der Waals surface area contributed by atoms with Crippen LogP contribution in [0.4, 0.5) is 0 Å². The lowest BCUT2D eigenvalue weighted by Crippen LogP contribution is -2.35. The molecule has 0 saturated carbocycles. The SMILES string of the molecule is CC/C(=C\CNC(C)(C)C)C(=O)O. The summed E-state index contributed by atoms with van der Waals surface area (Å²) in [6.07, 6.45) is 2.30. The van der Waals surface area contributed by atoms with Crippen LogP contribution < -0.4 is 5.32 Å². The Morgan fingerprint density at radius 3 is 2.31 bits per heavy atom. The predicted octanol–water partition coefficient (Wildman–Crippen LogP) is 1.80. The van der Waals surface area contributed by atoms with E-state index in [2.05, 4.69) is 5.32 Å². The molecule has 0 fully saturated rings. The molecule has 0 amide bonds. The van der Waals surface area contributed by atoms with Gasteiger partial charge in [0.2, 0.25) is 0 Å². The van der Waals surface area contributed by atoms with Crippen LogP contribution in [-0.2, 0) is 4.79 Å². The molecule has 0 bridgehead atoms. The van der Waals surface area contributed by atoms with Crippen molar-refractivity contribution in [3.05, 3.63) is 11.6 Å². The highest BCUT2D eigenvalue weighted by molar-refractivity contribution is 5.86. The van der Waals surface area contributed by atoms with Crippen LogP contribution in [0.25, 0.3) is 0 Å². The number of nitrogens with one attached hydrogen (secondary N) is 1. The summed E-state index contributed by atoms with van der Waals surface area (Å²) in [5.74, 6) is -0.821. The van der Waals surface area contributed by atoms with Crippen LogP contribution in [-0.4, -0.2) is 23.2 Å². The Balaban J connectivity index is 4.02. The van der Waals surface area contributed by atoms with E-state index in [0.717, 1.165) is 0 Å². The topological polar surface area (TPSA) is 49.3 Å². The molecule has 0 atom stereocenters. The molecule has 3 heteroatoms. The fourth-order valence-electron chi connectivity index (χ4n) is 0.863. The zero-order chi connectivity index (χ0) is 10.5. The van der Waals surface area contributed by atoms with E-state index in [9.17, 15) is 4.79 Å². The van der Waals surface area contributed by atoms with Crippen molar-refractivity contribution in [1.82, 2.24) is 5.32 Å². The quantitative estimate of drug-likeness (QED) is 0.656. The summed E-state index contributed by atoms with van der Waals surface area (Å²) in [5, 5.41) is 11.9. The van der Waals surface area contributed by atoms with Gasteiger partial charge >= 0.3 is 5.97 Å². The van der Waals surface area contributed by atoms with Crippen molar-refractivity contribution in [3.8, 4) is 0 Å². The van der Waals surface area contributed by atoms with Gasteiger partial charge in [0, 0.05) is 17.7 Å². The van der Waals surface area contributed by atoms with E-state index in [-0.39, 0.29) is 5.54 Å². The first-order chi connectivity index (χ1) is 5.87. The van der Waals surface area contributed by atoms with Gasteiger partial charge in [0.1, 0.15) is 0 Å². The van der Waals surface area contributed by atoms with E-state index in [1.807, 2.05) is 27.7 Å². The maximum atomic E-state index is 10.6. The van der Waals surface area contributed by atoms with E-state index >= 15 is 0 Å². The Morgan fingerprint density at radius 1 is 1.46 bits per heavy atom. The van der Waals surface area contributed by atoms with E-state index in [1.54, 1.807) is 6.08 Å². The fourth-order valence-corrected chi connectivity index (χ4v) is 0.863. The minimum absolute atomic E-state index is 0.0356. The van der Waals surface area contributed by atoms with Crippen LogP contribution in [0.1, 0.15) is 34.1 Å². The lowest BCUT2D eigenvalue weighted by molar-refractivity contribution is -0.132. The Bertz CT molecular complexity index is 201. The third-order valence-corrected chi connectivity index (χ3v) is 1.64. The largest absolute Gasteiger partial charge is 0.478 e. The summed E-state index contributed by atoms with van der Waals surface area (Å²) in [5.41, 5.74) is 0.505. The monoisotopic (exact) mass is 185 g/mol. The van der Waals surface area contributed by atoms with E-state index in [0.29, 0.717) is 18.5 Å². The summed E-state index contributed by atoms with van der Waals surface area (Å²) in [7, 11) is 0. The number of hydrogen-bond donors (Lipinski definition) is 2. The van der Waals surface area contributed by atoms with Crippen LogP contribution in [0.3, 0.4) is 0 Å². The molecule has 0 heterocycles. The summed E-state index contributed by atoms with van der Waals surface area (Å²) >= 11 is 0. The maximum Gasteiger partial charge on any atom is 0.331 e. The van der Waals surface area contributed by atoms with Crippen LogP contribution in [0.5, 0.6) is 0 Å². The van der Waals surface area contributed by atoms with Crippen molar-refractivity contribution in [2.45, 2.75) is 39.7 Å². The number of carboxylic acid groups (broad SMARTS) is 1. The lowest BCUT2D eigenvalue weighted by Gasteiger charge is -2.19. The van der Waals surface area contributed by atoms with Gasteiger partial charge in [-0.15, -0.1) is 0 Å². The Labute approximate surface area is 79.8 Å². The first kappa shape index (κ1) is 12.2. The summed E-state index contributed by atoms with van der Waals surface area (Å²) in [6, 6.07) is 0. The van der Waals surface area contributed by atoms with Crippen LogP contribution in [0.2, 0.25) is 0 Å². The minimum Gasteiger partial charge on any atom is -0.478 e. The number of carbonyl (C=O) groups is 1. The van der Waals surface area contributed by atoms with Gasteiger partial charge in [-0.3, -0.25) is 0 Å². The van der Waals surface area contributed by atoms with Gasteiger partial charge in [-0.05, 0) is 27.2 Å². The number of rotatable bonds is 4. The van der Waals surface area contributed by atoms with Crippen LogP contribution in [0.15, 0.2) is 11.6 Å². The standard InChI is InChI=1S/C10H19NO2/c1-5-8(9(12)13)6-7-11-10(2,3)4/h6,11H,5,7H2,1-4H3,(H,12,13)/b8-6+. The predicted molar refractivity (Wildman–Crippen MR) is 53.8 cm³/mol. The second-order valence-electron chi connectivity index (χ2n) is 4.02. The van der Waals surface area contributed by atoms with Gasteiger partial charge in [-0.25, -0.2) is 4.79 Å². The highest BCUT2D eigenvalue weighted by Gasteiger charge is 2.08. The molecule has 0 aliphatic carbocycles. The van der Waals surface area contributed by atoms with Gasteiger partial charge in [0.25, 0.3) is 0 Å². The molecule has 13 heavy (non-hydrogen) atoms. The molecule has 0 radical (unpaired) electrons. The molecule has 0 aromatic heterocycles. The smallest absolute Gasteiger partial charge is 0.331 e. The highest BCUT2D eigenvalue weighted by Crippen LogP contribution is 2.01. The molecule has 0 unspecified atom stereocenters. The van der Waals surface area contributed by atoms with Crippen molar-refractivity contribution < 1.29 is 9.90 Å². The van der Waals surface area contributed by atoms with Gasteiger partial charge in [-0.2, -0.15) is 0 Å². The van der Waals surface area contributed by atoms with Gasteiger partial charge < -0.3 is 10.4 Å². The van der Waals surface area contributed by atoms with E-state index in [1.165, 1.54) is 0 Å². The van der Waals surface area contributed by atoms with Crippen LogP contribution in [0, 0.1) is 0 Å². The number of carboxylic acids is 1. The third kappa shape index (κ3) is 6.34. The Morgan fingerprint density at radius 2 is 2.00 bits per heavy atom. The summed E-state index contributed by atoms with van der Waals surface area (Å²) in [4.78, 5) is 10.6. The second-order valence-corrected chi connectivity index (χ2v) is 4.02. The van der Waals surface area contributed by atoms with Crippen molar-refractivity contribution in [2.75, 3.05) is 6.54 Å². The molecule has 3 nitrogen and oxygen atoms in total. The van der Waals surface area contributed by atoms with Gasteiger partial charge in [-0.1, -0.05) is 13.0 Å². The molecule has 2 N–H and O–H groups in total. The number of hydrogen-bond acceptors (Lipinski definition) is 2. The van der Waals surface area contributed by atoms with Gasteiger partial charge in [0.05, 0.1) is 0 Å². The molecule has 0 aromatic rings. The molecule has 0 saturated heterocycles. The van der Waals surface area contributed by atoms with Crippen LogP contribution >= 0.6 is 0 Å². The number of aliphatic carboxylic acids is 1. The first-order valence-corrected chi connectivity index (χ1v) is 4.54. The summed E-state index contributed by atoms with van der Waals surface area (Å²) < 4.78 is 0. The Kier molecular flexibility index (Phi) is 4.70.